The van der Waals surface area contributed by atoms with E-state index < -0.39 is 6.16 Å². The molecule has 0 saturated carbocycles. The summed E-state index contributed by atoms with van der Waals surface area (Å²) >= 11 is 0. The molecular weight excluding hydrogens is 119 g/mol. The van der Waals surface area contributed by atoms with Crippen LogP contribution < -0.4 is 29.6 Å². The van der Waals surface area contributed by atoms with Crippen LogP contribution in [-0.2, 0) is 9.47 Å². The molecular formula is C4H5NaO3. The molecule has 0 bridgehead atoms. The number of hydrogen-bond acceptors (Lipinski definition) is 3. The van der Waals surface area contributed by atoms with Crippen LogP contribution in [0.5, 0.6) is 0 Å². The summed E-state index contributed by atoms with van der Waals surface area (Å²) in [5.74, 6) is 0. The summed E-state index contributed by atoms with van der Waals surface area (Å²) in [6.07, 6.45) is -0.910. The first-order chi connectivity index (χ1) is 3.29. The summed E-state index contributed by atoms with van der Waals surface area (Å²) in [5, 5.41) is 0. The molecule has 0 aliphatic carbocycles. The van der Waals surface area contributed by atoms with E-state index in [2.05, 4.69) is 16.4 Å². The molecule has 0 aromatic heterocycles. The molecule has 3 nitrogen and oxygen atoms in total. The normalized spacial score (nSPS) is 25.6. The molecule has 1 saturated heterocycles. The van der Waals surface area contributed by atoms with Crippen molar-refractivity contribution < 1.29 is 43.8 Å². The maximum Gasteiger partial charge on any atom is 1.00 e. The molecule has 1 heterocycles. The Kier molecular flexibility index (Phi) is 3.44. The van der Waals surface area contributed by atoms with Crippen LogP contribution in [0.3, 0.4) is 0 Å². The Morgan fingerprint density at radius 2 is 2.38 bits per heavy atom. The van der Waals surface area contributed by atoms with Crippen LogP contribution in [0.1, 0.15) is 0 Å². The third-order valence-corrected chi connectivity index (χ3v) is 0.650. The van der Waals surface area contributed by atoms with Crippen LogP contribution in [-0.4, -0.2) is 18.9 Å². The van der Waals surface area contributed by atoms with Crippen LogP contribution in [0.25, 0.3) is 0 Å². The van der Waals surface area contributed by atoms with E-state index >= 15 is 0 Å². The minimum atomic E-state index is -0.611. The molecule has 0 N–H and O–H groups in total. The summed E-state index contributed by atoms with van der Waals surface area (Å²) in [4.78, 5) is 9.97. The van der Waals surface area contributed by atoms with E-state index in [9.17, 15) is 4.79 Å². The Bertz CT molecular complexity index is 93.3. The zero-order valence-electron chi connectivity index (χ0n) is 4.72. The summed E-state index contributed by atoms with van der Waals surface area (Å²) in [6, 6.07) is 0. The molecule has 0 amide bonds. The van der Waals surface area contributed by atoms with E-state index in [1.807, 2.05) is 0 Å². The van der Waals surface area contributed by atoms with Gasteiger partial charge in [0.15, 0.2) is 0 Å². The first-order valence-corrected chi connectivity index (χ1v) is 1.95. The van der Waals surface area contributed by atoms with Gasteiger partial charge in [-0.05, 0) is 0 Å². The summed E-state index contributed by atoms with van der Waals surface area (Å²) in [5.41, 5.74) is 0. The Labute approximate surface area is 69.6 Å². The minimum absolute atomic E-state index is 0. The van der Waals surface area contributed by atoms with Crippen LogP contribution in [0.2, 0.25) is 0 Å². The van der Waals surface area contributed by atoms with Gasteiger partial charge in [-0.1, -0.05) is 0 Å². The Morgan fingerprint density at radius 1 is 1.75 bits per heavy atom. The van der Waals surface area contributed by atoms with Gasteiger partial charge >= 0.3 is 35.7 Å². The van der Waals surface area contributed by atoms with E-state index in [0.717, 1.165) is 0 Å². The molecule has 1 atom stereocenters. The minimum Gasteiger partial charge on any atom is -0.461 e. The third kappa shape index (κ3) is 2.03. The van der Waals surface area contributed by atoms with Gasteiger partial charge in [-0.15, -0.1) is 0 Å². The van der Waals surface area contributed by atoms with Crippen molar-refractivity contribution in [2.75, 3.05) is 6.61 Å². The van der Waals surface area contributed by atoms with Crippen LogP contribution in [0, 0.1) is 6.92 Å². The zero-order valence-corrected chi connectivity index (χ0v) is 6.72. The first-order valence-electron chi connectivity index (χ1n) is 1.95. The van der Waals surface area contributed by atoms with Gasteiger partial charge in [-0.3, -0.25) is 6.92 Å². The maximum atomic E-state index is 9.97. The van der Waals surface area contributed by atoms with Crippen molar-refractivity contribution in [3.05, 3.63) is 6.92 Å². The van der Waals surface area contributed by atoms with Crippen LogP contribution in [0.4, 0.5) is 4.79 Å². The fraction of sp³-hybridized carbons (Fsp3) is 0.500. The molecule has 1 fully saturated rings. The monoisotopic (exact) mass is 124 g/mol. The maximum absolute atomic E-state index is 9.97. The van der Waals surface area contributed by atoms with Crippen molar-refractivity contribution in [2.24, 2.45) is 0 Å². The molecule has 0 radical (unpaired) electrons. The molecule has 8 heavy (non-hydrogen) atoms. The van der Waals surface area contributed by atoms with Gasteiger partial charge in [0.25, 0.3) is 0 Å². The Hall–Kier alpha value is 0.270. The predicted molar refractivity (Wildman–Crippen MR) is 21.6 cm³/mol. The average Bonchev–Trinajstić information content (AvgIpc) is 1.87. The number of ether oxygens (including phenoxy) is 2. The Morgan fingerprint density at radius 3 is 2.50 bits per heavy atom. The quantitative estimate of drug-likeness (QED) is 0.201. The van der Waals surface area contributed by atoms with E-state index in [4.69, 9.17) is 0 Å². The van der Waals surface area contributed by atoms with Gasteiger partial charge in [0.05, 0.1) is 0 Å². The molecule has 1 aliphatic heterocycles. The van der Waals surface area contributed by atoms with E-state index in [-0.39, 0.29) is 35.7 Å². The van der Waals surface area contributed by atoms with Crippen molar-refractivity contribution in [3.63, 3.8) is 0 Å². The van der Waals surface area contributed by atoms with Gasteiger partial charge in [-0.25, -0.2) is 4.79 Å². The summed E-state index contributed by atoms with van der Waals surface area (Å²) in [6.45, 7) is 3.71. The molecule has 0 aromatic carbocycles. The molecule has 0 aromatic rings. The van der Waals surface area contributed by atoms with Crippen LogP contribution in [0.15, 0.2) is 0 Å². The number of rotatable bonds is 0. The fourth-order valence-electron chi connectivity index (χ4n) is 0.365. The molecule has 4 heteroatoms. The summed E-state index contributed by atoms with van der Waals surface area (Å²) in [7, 11) is 0. The van der Waals surface area contributed by atoms with Crippen molar-refractivity contribution in [3.8, 4) is 0 Å². The average molecular weight is 124 g/mol. The molecule has 40 valence electrons. The van der Waals surface area contributed by atoms with E-state index in [1.165, 1.54) is 0 Å². The van der Waals surface area contributed by atoms with Crippen molar-refractivity contribution in [1.82, 2.24) is 0 Å². The molecule has 1 rings (SSSR count). The first kappa shape index (κ1) is 8.27. The smallest absolute Gasteiger partial charge is 0.461 e. The second-order valence-electron chi connectivity index (χ2n) is 1.30. The number of cyclic esters (lactones) is 2. The fourth-order valence-corrected chi connectivity index (χ4v) is 0.365. The molecule has 1 unspecified atom stereocenters. The second kappa shape index (κ2) is 3.33. The van der Waals surface area contributed by atoms with Gasteiger partial charge in [0.1, 0.15) is 6.61 Å². The topological polar surface area (TPSA) is 35.5 Å². The van der Waals surface area contributed by atoms with Crippen molar-refractivity contribution in [2.45, 2.75) is 6.10 Å². The van der Waals surface area contributed by atoms with Crippen molar-refractivity contribution >= 4 is 6.16 Å². The van der Waals surface area contributed by atoms with Crippen molar-refractivity contribution in [1.29, 1.82) is 0 Å². The van der Waals surface area contributed by atoms with Gasteiger partial charge < -0.3 is 9.47 Å². The summed E-state index contributed by atoms with van der Waals surface area (Å²) < 4.78 is 8.73. The number of carbonyl (C=O) groups is 1. The van der Waals surface area contributed by atoms with Gasteiger partial charge in [-0.2, -0.15) is 0 Å². The predicted octanol–water partition coefficient (Wildman–Crippen LogP) is -2.64. The van der Waals surface area contributed by atoms with E-state index in [0.29, 0.717) is 6.61 Å². The number of carbonyl (C=O) groups excluding carboxylic acids is 1. The van der Waals surface area contributed by atoms with Gasteiger partial charge in [0.2, 0.25) is 0 Å². The second-order valence-corrected chi connectivity index (χ2v) is 1.30. The van der Waals surface area contributed by atoms with Gasteiger partial charge in [0, 0.05) is 6.10 Å². The number of hydrogen-bond donors (Lipinski definition) is 0. The molecule has 1 aliphatic rings. The standard InChI is InChI=1S/C4H5O3.Na/c1-3-2-6-4(5)7-3;/h3H,1-2H2;/q-1;+1. The van der Waals surface area contributed by atoms with E-state index in [1.54, 1.807) is 0 Å². The molecule has 0 spiro atoms. The largest absolute Gasteiger partial charge is 1.00 e. The SMILES string of the molecule is [CH2-]C1COC(=O)O1.[Na+]. The third-order valence-electron chi connectivity index (χ3n) is 0.650. The zero-order chi connectivity index (χ0) is 5.28. The van der Waals surface area contributed by atoms with Crippen LogP contribution >= 0.6 is 0 Å². The Balaban J connectivity index is 0.000000490.